The Balaban J connectivity index is 2.78. The van der Waals surface area contributed by atoms with Crippen molar-refractivity contribution < 1.29 is 13.6 Å². The fourth-order valence-corrected chi connectivity index (χ4v) is 2.45. The third-order valence-electron chi connectivity index (χ3n) is 2.01. The maximum Gasteiger partial charge on any atom is 0.178 e. The van der Waals surface area contributed by atoms with Gasteiger partial charge in [0.05, 0.1) is 16.4 Å². The lowest BCUT2D eigenvalue weighted by Gasteiger charge is -2.02. The Hall–Kier alpha value is -1.36. The average molecular weight is 227 g/mol. The van der Waals surface area contributed by atoms with E-state index in [1.54, 1.807) is 37.3 Å². The van der Waals surface area contributed by atoms with Gasteiger partial charge < -0.3 is 5.21 Å². The number of benzene rings is 1. The molecule has 0 aliphatic rings. The van der Waals surface area contributed by atoms with Crippen molar-refractivity contribution in [1.82, 2.24) is 0 Å². The molecule has 15 heavy (non-hydrogen) atoms. The molecule has 1 aromatic rings. The molecule has 0 radical (unpaired) electrons. The second-order valence-corrected chi connectivity index (χ2v) is 5.33. The van der Waals surface area contributed by atoms with Gasteiger partial charge in [-0.2, -0.15) is 0 Å². The largest absolute Gasteiger partial charge is 0.411 e. The molecule has 5 heteroatoms. The Bertz CT molecular complexity index is 437. The van der Waals surface area contributed by atoms with Crippen LogP contribution in [0.25, 0.3) is 0 Å². The van der Waals surface area contributed by atoms with E-state index in [0.717, 1.165) is 0 Å². The van der Waals surface area contributed by atoms with E-state index in [9.17, 15) is 8.42 Å². The molecule has 82 valence electrons. The van der Waals surface area contributed by atoms with Crippen molar-refractivity contribution in [2.75, 3.05) is 5.75 Å². The van der Waals surface area contributed by atoms with Gasteiger partial charge in [-0.25, -0.2) is 8.42 Å². The van der Waals surface area contributed by atoms with E-state index in [0.29, 0.717) is 10.6 Å². The fourth-order valence-electron chi connectivity index (χ4n) is 1.08. The Morgan fingerprint density at radius 1 is 1.33 bits per heavy atom. The first kappa shape index (κ1) is 11.7. The predicted octanol–water partition coefficient (Wildman–Crippen LogP) is 1.70. The van der Waals surface area contributed by atoms with E-state index in [1.807, 2.05) is 0 Å². The molecule has 0 amide bonds. The normalized spacial score (nSPS) is 12.7. The topological polar surface area (TPSA) is 66.7 Å². The van der Waals surface area contributed by atoms with E-state index in [-0.39, 0.29) is 12.2 Å². The van der Waals surface area contributed by atoms with Gasteiger partial charge in [-0.1, -0.05) is 23.4 Å². The van der Waals surface area contributed by atoms with Crippen LogP contribution in [0.1, 0.15) is 13.3 Å². The summed E-state index contributed by atoms with van der Waals surface area (Å²) in [6.45, 7) is 1.58. The number of oxime groups is 1. The van der Waals surface area contributed by atoms with Gasteiger partial charge >= 0.3 is 0 Å². The minimum atomic E-state index is -3.26. The predicted molar refractivity (Wildman–Crippen MR) is 58.0 cm³/mol. The zero-order valence-electron chi connectivity index (χ0n) is 8.42. The molecule has 0 fully saturated rings. The van der Waals surface area contributed by atoms with E-state index < -0.39 is 9.84 Å². The lowest BCUT2D eigenvalue weighted by molar-refractivity contribution is 0.317. The molecule has 0 saturated heterocycles. The van der Waals surface area contributed by atoms with Crippen molar-refractivity contribution >= 4 is 15.5 Å². The van der Waals surface area contributed by atoms with Crippen LogP contribution in [0.3, 0.4) is 0 Å². The molecular weight excluding hydrogens is 214 g/mol. The highest BCUT2D eigenvalue weighted by Gasteiger charge is 2.13. The van der Waals surface area contributed by atoms with E-state index in [1.165, 1.54) is 0 Å². The molecule has 0 atom stereocenters. The smallest absolute Gasteiger partial charge is 0.178 e. The zero-order valence-corrected chi connectivity index (χ0v) is 9.24. The minimum absolute atomic E-state index is 0.0348. The Morgan fingerprint density at radius 3 is 2.47 bits per heavy atom. The van der Waals surface area contributed by atoms with Gasteiger partial charge in [0.2, 0.25) is 0 Å². The van der Waals surface area contributed by atoms with Gasteiger partial charge in [0.25, 0.3) is 0 Å². The maximum absolute atomic E-state index is 11.7. The molecule has 1 aromatic carbocycles. The SMILES string of the molecule is CC(CCS(=O)(=O)c1ccccc1)=NO. The van der Waals surface area contributed by atoms with E-state index in [4.69, 9.17) is 5.21 Å². The standard InChI is InChI=1S/C10H13NO3S/c1-9(11-12)7-8-15(13,14)10-5-3-2-4-6-10/h2-6,12H,7-8H2,1H3. The molecule has 0 heterocycles. The van der Waals surface area contributed by atoms with Crippen molar-refractivity contribution in [2.24, 2.45) is 5.16 Å². The summed E-state index contributed by atoms with van der Waals surface area (Å²) in [6.07, 6.45) is 0.244. The van der Waals surface area contributed by atoms with E-state index in [2.05, 4.69) is 5.16 Å². The number of sulfone groups is 1. The van der Waals surface area contributed by atoms with Crippen molar-refractivity contribution in [3.8, 4) is 0 Å². The third kappa shape index (κ3) is 3.36. The molecule has 0 saturated carbocycles. The summed E-state index contributed by atoms with van der Waals surface area (Å²) < 4.78 is 23.4. The molecule has 1 N–H and O–H groups in total. The second-order valence-electron chi connectivity index (χ2n) is 3.22. The molecule has 0 bridgehead atoms. The summed E-state index contributed by atoms with van der Waals surface area (Å²) in [5, 5.41) is 11.3. The third-order valence-corrected chi connectivity index (χ3v) is 3.74. The van der Waals surface area contributed by atoms with Crippen LogP contribution in [-0.4, -0.2) is 25.1 Å². The highest BCUT2D eigenvalue weighted by atomic mass is 32.2. The van der Waals surface area contributed by atoms with Crippen molar-refractivity contribution in [3.05, 3.63) is 30.3 Å². The molecule has 0 aliphatic heterocycles. The summed E-state index contributed by atoms with van der Waals surface area (Å²) in [4.78, 5) is 0.302. The highest BCUT2D eigenvalue weighted by molar-refractivity contribution is 7.91. The van der Waals surface area contributed by atoms with Crippen molar-refractivity contribution in [2.45, 2.75) is 18.2 Å². The quantitative estimate of drug-likeness (QED) is 0.483. The lowest BCUT2D eigenvalue weighted by atomic mass is 10.3. The second kappa shape index (κ2) is 4.93. The average Bonchev–Trinajstić information content (AvgIpc) is 2.27. The Kier molecular flexibility index (Phi) is 3.85. The molecular formula is C10H13NO3S. The molecule has 0 unspecified atom stereocenters. The monoisotopic (exact) mass is 227 g/mol. The molecule has 0 aromatic heterocycles. The van der Waals surface area contributed by atoms with Crippen LogP contribution in [0.4, 0.5) is 0 Å². The van der Waals surface area contributed by atoms with Gasteiger partial charge in [-0.3, -0.25) is 0 Å². The number of hydrogen-bond acceptors (Lipinski definition) is 4. The summed E-state index contributed by atoms with van der Waals surface area (Å²) in [5.41, 5.74) is 0.412. The van der Waals surface area contributed by atoms with Crippen LogP contribution >= 0.6 is 0 Å². The van der Waals surface area contributed by atoms with Gasteiger partial charge in [0.1, 0.15) is 0 Å². The summed E-state index contributed by atoms with van der Waals surface area (Å²) in [5.74, 6) is -0.0348. The zero-order chi connectivity index (χ0) is 11.3. The fraction of sp³-hybridized carbons (Fsp3) is 0.300. The van der Waals surface area contributed by atoms with E-state index >= 15 is 0 Å². The lowest BCUT2D eigenvalue weighted by Crippen LogP contribution is -2.09. The van der Waals surface area contributed by atoms with Crippen LogP contribution in [-0.2, 0) is 9.84 Å². The maximum atomic E-state index is 11.7. The molecule has 0 aliphatic carbocycles. The number of hydrogen-bond donors (Lipinski definition) is 1. The number of rotatable bonds is 4. The van der Waals surface area contributed by atoms with Crippen LogP contribution in [0, 0.1) is 0 Å². The Morgan fingerprint density at radius 2 is 1.93 bits per heavy atom. The first-order valence-corrected chi connectivity index (χ1v) is 6.17. The van der Waals surface area contributed by atoms with Crippen LogP contribution in [0.15, 0.2) is 40.4 Å². The molecule has 4 nitrogen and oxygen atoms in total. The van der Waals surface area contributed by atoms with Crippen molar-refractivity contribution in [1.29, 1.82) is 0 Å². The number of nitrogens with zero attached hydrogens (tertiary/aromatic N) is 1. The summed E-state index contributed by atoms with van der Waals surface area (Å²) >= 11 is 0. The molecule has 0 spiro atoms. The first-order valence-electron chi connectivity index (χ1n) is 4.51. The minimum Gasteiger partial charge on any atom is -0.411 e. The van der Waals surface area contributed by atoms with Crippen molar-refractivity contribution in [3.63, 3.8) is 0 Å². The van der Waals surface area contributed by atoms with Crippen LogP contribution in [0.5, 0.6) is 0 Å². The van der Waals surface area contributed by atoms with Gasteiger partial charge in [0.15, 0.2) is 9.84 Å². The summed E-state index contributed by atoms with van der Waals surface area (Å²) in [7, 11) is -3.26. The van der Waals surface area contributed by atoms with Gasteiger partial charge in [0, 0.05) is 6.42 Å². The molecule has 1 rings (SSSR count). The van der Waals surface area contributed by atoms with Crippen LogP contribution in [0.2, 0.25) is 0 Å². The highest BCUT2D eigenvalue weighted by Crippen LogP contribution is 2.11. The van der Waals surface area contributed by atoms with Gasteiger partial charge in [-0.15, -0.1) is 0 Å². The summed E-state index contributed by atoms with van der Waals surface area (Å²) in [6, 6.07) is 8.24. The Labute approximate surface area is 89.2 Å². The van der Waals surface area contributed by atoms with Crippen LogP contribution < -0.4 is 0 Å². The van der Waals surface area contributed by atoms with Gasteiger partial charge in [-0.05, 0) is 19.1 Å². The first-order chi connectivity index (χ1) is 7.06.